The molecule has 0 N–H and O–H groups in total. The van der Waals surface area contributed by atoms with Crippen molar-refractivity contribution in [1.29, 1.82) is 0 Å². The van der Waals surface area contributed by atoms with Crippen LogP contribution in [-0.2, 0) is 13.0 Å². The summed E-state index contributed by atoms with van der Waals surface area (Å²) in [6.07, 6.45) is 3.38. The van der Waals surface area contributed by atoms with Crippen molar-refractivity contribution in [2.75, 3.05) is 19.6 Å². The highest BCUT2D eigenvalue weighted by Gasteiger charge is 2.29. The molecule has 120 valence electrons. The number of benzene rings is 1. The van der Waals surface area contributed by atoms with Crippen LogP contribution >= 0.6 is 11.3 Å². The molecule has 2 aromatic rings. The molecule has 0 aliphatic carbocycles. The van der Waals surface area contributed by atoms with Gasteiger partial charge in [-0.2, -0.15) is 0 Å². The zero-order valence-corrected chi connectivity index (χ0v) is 14.1. The standard InChI is InChI=1S/C19H22N2OS/c22-19(15-4-2-1-3-5-15)20-10-6-17(7-11-20)21-12-8-18-16(14-21)9-13-23-18/h1-5,9,13,17H,6-8,10-12,14H2. The summed E-state index contributed by atoms with van der Waals surface area (Å²) in [5.41, 5.74) is 2.33. The molecule has 1 aromatic heterocycles. The summed E-state index contributed by atoms with van der Waals surface area (Å²) in [5.74, 6) is 0.183. The van der Waals surface area contributed by atoms with E-state index in [4.69, 9.17) is 0 Å². The number of nitrogens with zero attached hydrogens (tertiary/aromatic N) is 2. The fourth-order valence-corrected chi connectivity index (χ4v) is 4.67. The molecule has 1 amide bonds. The highest BCUT2D eigenvalue weighted by molar-refractivity contribution is 7.10. The maximum atomic E-state index is 12.5. The molecule has 0 saturated carbocycles. The number of thiophene rings is 1. The molecule has 1 saturated heterocycles. The normalized spacial score (nSPS) is 19.6. The predicted molar refractivity (Wildman–Crippen MR) is 93.8 cm³/mol. The maximum absolute atomic E-state index is 12.5. The minimum atomic E-state index is 0.183. The number of rotatable bonds is 2. The van der Waals surface area contributed by atoms with Crippen LogP contribution in [0.5, 0.6) is 0 Å². The number of piperidine rings is 1. The third-order valence-corrected chi connectivity index (χ3v) is 6.15. The second kappa shape index (κ2) is 6.46. The van der Waals surface area contributed by atoms with Crippen LogP contribution in [0.25, 0.3) is 0 Å². The molecule has 0 bridgehead atoms. The van der Waals surface area contributed by atoms with Gasteiger partial charge in [-0.05, 0) is 48.4 Å². The summed E-state index contributed by atoms with van der Waals surface area (Å²) < 4.78 is 0. The van der Waals surface area contributed by atoms with Crippen LogP contribution < -0.4 is 0 Å². The van der Waals surface area contributed by atoms with Crippen LogP contribution in [0.1, 0.15) is 33.6 Å². The van der Waals surface area contributed by atoms with Gasteiger partial charge in [0.1, 0.15) is 0 Å². The lowest BCUT2D eigenvalue weighted by Gasteiger charge is -2.40. The van der Waals surface area contributed by atoms with Gasteiger partial charge >= 0.3 is 0 Å². The van der Waals surface area contributed by atoms with Gasteiger partial charge in [-0.15, -0.1) is 11.3 Å². The molecule has 3 heterocycles. The summed E-state index contributed by atoms with van der Waals surface area (Å²) >= 11 is 1.90. The number of fused-ring (bicyclic) bond motifs is 1. The molecule has 2 aliphatic rings. The minimum Gasteiger partial charge on any atom is -0.339 e. The van der Waals surface area contributed by atoms with E-state index < -0.39 is 0 Å². The van der Waals surface area contributed by atoms with Crippen LogP contribution in [0.3, 0.4) is 0 Å². The molecule has 0 spiro atoms. The third kappa shape index (κ3) is 3.06. The first kappa shape index (κ1) is 14.9. The topological polar surface area (TPSA) is 23.6 Å². The van der Waals surface area contributed by atoms with Crippen LogP contribution in [0.4, 0.5) is 0 Å². The minimum absolute atomic E-state index is 0.183. The Balaban J connectivity index is 1.36. The molecule has 2 aliphatic heterocycles. The van der Waals surface area contributed by atoms with Gasteiger partial charge in [0, 0.05) is 42.7 Å². The summed E-state index contributed by atoms with van der Waals surface area (Å²) in [4.78, 5) is 18.7. The largest absolute Gasteiger partial charge is 0.339 e. The summed E-state index contributed by atoms with van der Waals surface area (Å²) in [5, 5.41) is 2.22. The van der Waals surface area contributed by atoms with Crippen LogP contribution in [0, 0.1) is 0 Å². The van der Waals surface area contributed by atoms with Crippen LogP contribution in [0.15, 0.2) is 41.8 Å². The van der Waals surface area contributed by atoms with Crippen molar-refractivity contribution in [2.24, 2.45) is 0 Å². The van der Waals surface area contributed by atoms with Gasteiger partial charge in [-0.1, -0.05) is 18.2 Å². The lowest BCUT2D eigenvalue weighted by molar-refractivity contribution is 0.0600. The summed E-state index contributed by atoms with van der Waals surface area (Å²) in [6.45, 7) is 4.03. The molecule has 0 radical (unpaired) electrons. The van der Waals surface area contributed by atoms with Crippen molar-refractivity contribution >= 4 is 17.2 Å². The van der Waals surface area contributed by atoms with Crippen molar-refractivity contribution < 1.29 is 4.79 Å². The number of hydrogen-bond donors (Lipinski definition) is 0. The molecule has 23 heavy (non-hydrogen) atoms. The molecule has 0 atom stereocenters. The predicted octanol–water partition coefficient (Wildman–Crippen LogP) is 3.41. The molecule has 1 fully saturated rings. The average Bonchev–Trinajstić information content (AvgIpc) is 3.10. The van der Waals surface area contributed by atoms with E-state index in [1.807, 2.05) is 46.6 Å². The Labute approximate surface area is 141 Å². The first-order valence-electron chi connectivity index (χ1n) is 8.45. The Kier molecular flexibility index (Phi) is 4.19. The number of hydrogen-bond acceptors (Lipinski definition) is 3. The number of carbonyl (C=O) groups is 1. The van der Waals surface area contributed by atoms with E-state index in [1.54, 1.807) is 4.88 Å². The van der Waals surface area contributed by atoms with Gasteiger partial charge in [0.25, 0.3) is 5.91 Å². The Morgan fingerprint density at radius 1 is 1.04 bits per heavy atom. The highest BCUT2D eigenvalue weighted by atomic mass is 32.1. The first-order valence-corrected chi connectivity index (χ1v) is 9.33. The van der Waals surface area contributed by atoms with Gasteiger partial charge in [0.05, 0.1) is 0 Å². The number of amides is 1. The van der Waals surface area contributed by atoms with E-state index in [0.717, 1.165) is 38.0 Å². The van der Waals surface area contributed by atoms with E-state index >= 15 is 0 Å². The lowest BCUT2D eigenvalue weighted by atomic mass is 9.99. The molecular formula is C19H22N2OS. The highest BCUT2D eigenvalue weighted by Crippen LogP contribution is 2.28. The Bertz CT molecular complexity index is 674. The fraction of sp³-hybridized carbons (Fsp3) is 0.421. The Hall–Kier alpha value is -1.65. The van der Waals surface area contributed by atoms with Gasteiger partial charge < -0.3 is 4.90 Å². The molecule has 0 unspecified atom stereocenters. The number of carbonyl (C=O) groups excluding carboxylic acids is 1. The van der Waals surface area contributed by atoms with Crippen molar-refractivity contribution in [3.8, 4) is 0 Å². The van der Waals surface area contributed by atoms with Gasteiger partial charge in [-0.25, -0.2) is 0 Å². The zero-order chi connectivity index (χ0) is 15.6. The Morgan fingerprint density at radius 2 is 1.83 bits per heavy atom. The molecule has 4 rings (SSSR count). The van der Waals surface area contributed by atoms with Gasteiger partial charge in [-0.3, -0.25) is 9.69 Å². The van der Waals surface area contributed by atoms with Gasteiger partial charge in [0.2, 0.25) is 0 Å². The van der Waals surface area contributed by atoms with Crippen molar-refractivity contribution in [2.45, 2.75) is 31.8 Å². The monoisotopic (exact) mass is 326 g/mol. The van der Waals surface area contributed by atoms with E-state index in [9.17, 15) is 4.79 Å². The van der Waals surface area contributed by atoms with E-state index in [-0.39, 0.29) is 5.91 Å². The third-order valence-electron chi connectivity index (χ3n) is 5.13. The molecular weight excluding hydrogens is 304 g/mol. The quantitative estimate of drug-likeness (QED) is 0.844. The molecule has 3 nitrogen and oxygen atoms in total. The molecule has 1 aromatic carbocycles. The van der Waals surface area contributed by atoms with E-state index in [2.05, 4.69) is 16.3 Å². The summed E-state index contributed by atoms with van der Waals surface area (Å²) in [7, 11) is 0. The SMILES string of the molecule is O=C(c1ccccc1)N1CCC(N2CCc3sccc3C2)CC1. The maximum Gasteiger partial charge on any atom is 0.253 e. The van der Waals surface area contributed by atoms with Crippen molar-refractivity contribution in [3.05, 3.63) is 57.8 Å². The fourth-order valence-electron chi connectivity index (χ4n) is 3.78. The second-order valence-corrected chi connectivity index (χ2v) is 7.48. The second-order valence-electron chi connectivity index (χ2n) is 6.48. The number of likely N-dealkylation sites (tertiary alicyclic amines) is 1. The smallest absolute Gasteiger partial charge is 0.253 e. The molecule has 4 heteroatoms. The average molecular weight is 326 g/mol. The summed E-state index contributed by atoms with van der Waals surface area (Å²) in [6, 6.07) is 12.6. The zero-order valence-electron chi connectivity index (χ0n) is 13.3. The van der Waals surface area contributed by atoms with Crippen molar-refractivity contribution in [1.82, 2.24) is 9.80 Å². The van der Waals surface area contributed by atoms with E-state index in [0.29, 0.717) is 6.04 Å². The Morgan fingerprint density at radius 3 is 2.61 bits per heavy atom. The van der Waals surface area contributed by atoms with Gasteiger partial charge in [0.15, 0.2) is 0 Å². The van der Waals surface area contributed by atoms with Crippen molar-refractivity contribution in [3.63, 3.8) is 0 Å². The van der Waals surface area contributed by atoms with Crippen LogP contribution in [0.2, 0.25) is 0 Å². The first-order chi connectivity index (χ1) is 11.3. The lowest BCUT2D eigenvalue weighted by Crippen LogP contribution is -2.47. The van der Waals surface area contributed by atoms with Crippen LogP contribution in [-0.4, -0.2) is 41.4 Å². The van der Waals surface area contributed by atoms with E-state index in [1.165, 1.54) is 18.5 Å².